The van der Waals surface area contributed by atoms with Gasteiger partial charge in [0.25, 0.3) is 5.91 Å². The molecule has 0 unspecified atom stereocenters. The highest BCUT2D eigenvalue weighted by molar-refractivity contribution is 7.99. The summed E-state index contributed by atoms with van der Waals surface area (Å²) in [5.74, 6) is 1.03. The van der Waals surface area contributed by atoms with Gasteiger partial charge in [-0.3, -0.25) is 9.59 Å². The van der Waals surface area contributed by atoms with Gasteiger partial charge in [0.15, 0.2) is 11.0 Å². The molecule has 1 heterocycles. The summed E-state index contributed by atoms with van der Waals surface area (Å²) in [4.78, 5) is 25.1. The third-order valence-electron chi connectivity index (χ3n) is 5.72. The van der Waals surface area contributed by atoms with Crippen molar-refractivity contribution in [3.8, 4) is 0 Å². The van der Waals surface area contributed by atoms with E-state index in [1.807, 2.05) is 56.7 Å². The Kier molecular flexibility index (Phi) is 8.12. The zero-order chi connectivity index (χ0) is 22.4. The van der Waals surface area contributed by atoms with Gasteiger partial charge in [-0.2, -0.15) is 0 Å². The van der Waals surface area contributed by atoms with E-state index in [0.717, 1.165) is 18.4 Å². The summed E-state index contributed by atoms with van der Waals surface area (Å²) in [6.45, 7) is 6.07. The molecule has 0 spiro atoms. The number of hydrogen-bond donors (Lipinski definition) is 2. The summed E-state index contributed by atoms with van der Waals surface area (Å²) < 4.78 is 1.87. The molecule has 31 heavy (non-hydrogen) atoms. The van der Waals surface area contributed by atoms with E-state index in [0.29, 0.717) is 28.3 Å². The number of aryl methyl sites for hydroxylation is 1. The van der Waals surface area contributed by atoms with Crippen LogP contribution in [0.25, 0.3) is 0 Å². The minimum atomic E-state index is -0.281. The van der Waals surface area contributed by atoms with Crippen LogP contribution >= 0.6 is 11.8 Å². The average Bonchev–Trinajstić information content (AvgIpc) is 3.11. The van der Waals surface area contributed by atoms with Crippen LogP contribution in [0.2, 0.25) is 0 Å². The molecule has 1 atom stereocenters. The summed E-state index contributed by atoms with van der Waals surface area (Å²) in [5.41, 5.74) is 1.73. The first-order valence-corrected chi connectivity index (χ1v) is 12.0. The number of benzene rings is 1. The fourth-order valence-corrected chi connectivity index (χ4v) is 4.56. The molecule has 0 aliphatic heterocycles. The molecule has 2 N–H and O–H groups in total. The minimum absolute atomic E-state index is 0.0366. The molecular formula is C23H33N5O2S. The Bertz CT molecular complexity index is 888. The second kappa shape index (κ2) is 10.8. The van der Waals surface area contributed by atoms with Gasteiger partial charge in [0.05, 0.1) is 11.8 Å². The molecule has 1 aliphatic carbocycles. The normalized spacial score (nSPS) is 15.6. The number of rotatable bonds is 8. The standard InChI is InChI=1S/C23H33N5O2S/c1-15(2)20(25-22(30)17-12-10-16(3)11-13-17)21-26-27-23(28(21)4)31-14-19(29)24-18-8-6-5-7-9-18/h10-13,15,18,20H,5-9,14H2,1-4H3,(H,24,29)(H,25,30)/t20-/m0/s1. The van der Waals surface area contributed by atoms with Gasteiger partial charge in [0.2, 0.25) is 5.91 Å². The highest BCUT2D eigenvalue weighted by Crippen LogP contribution is 2.25. The van der Waals surface area contributed by atoms with Crippen LogP contribution in [0.4, 0.5) is 0 Å². The number of amides is 2. The van der Waals surface area contributed by atoms with Crippen molar-refractivity contribution in [3.05, 3.63) is 41.2 Å². The van der Waals surface area contributed by atoms with E-state index >= 15 is 0 Å². The lowest BCUT2D eigenvalue weighted by Gasteiger charge is -2.22. The van der Waals surface area contributed by atoms with Gasteiger partial charge in [-0.05, 0) is 37.8 Å². The fourth-order valence-electron chi connectivity index (χ4n) is 3.83. The number of nitrogens with one attached hydrogen (secondary N) is 2. The molecule has 1 saturated carbocycles. The van der Waals surface area contributed by atoms with Gasteiger partial charge in [-0.25, -0.2) is 0 Å². The summed E-state index contributed by atoms with van der Waals surface area (Å²) in [6, 6.07) is 7.52. The van der Waals surface area contributed by atoms with Crippen LogP contribution in [0.1, 0.15) is 73.7 Å². The van der Waals surface area contributed by atoms with Crippen LogP contribution in [0, 0.1) is 12.8 Å². The molecular weight excluding hydrogens is 410 g/mol. The maximum absolute atomic E-state index is 12.7. The fraction of sp³-hybridized carbons (Fsp3) is 0.565. The van der Waals surface area contributed by atoms with E-state index in [1.165, 1.54) is 31.0 Å². The molecule has 7 nitrogen and oxygen atoms in total. The summed E-state index contributed by atoms with van der Waals surface area (Å²) in [5, 5.41) is 15.5. The van der Waals surface area contributed by atoms with Crippen LogP contribution in [0.15, 0.2) is 29.4 Å². The van der Waals surface area contributed by atoms with Crippen LogP contribution < -0.4 is 10.6 Å². The monoisotopic (exact) mass is 443 g/mol. The Labute approximate surface area is 188 Å². The van der Waals surface area contributed by atoms with E-state index < -0.39 is 0 Å². The van der Waals surface area contributed by atoms with E-state index in [2.05, 4.69) is 20.8 Å². The summed E-state index contributed by atoms with van der Waals surface area (Å²) in [6.07, 6.45) is 5.79. The van der Waals surface area contributed by atoms with Crippen LogP contribution in [0.5, 0.6) is 0 Å². The molecule has 1 aliphatic rings. The molecule has 1 fully saturated rings. The molecule has 2 aromatic rings. The quantitative estimate of drug-likeness (QED) is 0.606. The highest BCUT2D eigenvalue weighted by Gasteiger charge is 2.25. The summed E-state index contributed by atoms with van der Waals surface area (Å²) >= 11 is 1.38. The van der Waals surface area contributed by atoms with Gasteiger partial charge in [0, 0.05) is 18.7 Å². The molecule has 0 radical (unpaired) electrons. The Balaban J connectivity index is 1.62. The second-order valence-corrected chi connectivity index (χ2v) is 9.59. The van der Waals surface area contributed by atoms with Gasteiger partial charge in [-0.15, -0.1) is 10.2 Å². The average molecular weight is 444 g/mol. The van der Waals surface area contributed by atoms with Gasteiger partial charge >= 0.3 is 0 Å². The first kappa shape index (κ1) is 23.3. The first-order chi connectivity index (χ1) is 14.8. The summed E-state index contributed by atoms with van der Waals surface area (Å²) in [7, 11) is 1.88. The number of carbonyl (C=O) groups is 2. The van der Waals surface area contributed by atoms with Crippen molar-refractivity contribution in [1.29, 1.82) is 0 Å². The third kappa shape index (κ3) is 6.32. The maximum atomic E-state index is 12.7. The lowest BCUT2D eigenvalue weighted by molar-refractivity contribution is -0.119. The number of thioether (sulfide) groups is 1. The van der Waals surface area contributed by atoms with Crippen molar-refractivity contribution < 1.29 is 9.59 Å². The molecule has 0 bridgehead atoms. The van der Waals surface area contributed by atoms with Crippen LogP contribution in [-0.4, -0.2) is 38.4 Å². The van der Waals surface area contributed by atoms with Crippen molar-refractivity contribution in [2.24, 2.45) is 13.0 Å². The van der Waals surface area contributed by atoms with E-state index in [9.17, 15) is 9.59 Å². The number of hydrogen-bond acceptors (Lipinski definition) is 5. The van der Waals surface area contributed by atoms with Crippen molar-refractivity contribution in [2.75, 3.05) is 5.75 Å². The van der Waals surface area contributed by atoms with Crippen molar-refractivity contribution in [2.45, 2.75) is 70.1 Å². The van der Waals surface area contributed by atoms with Crippen molar-refractivity contribution in [3.63, 3.8) is 0 Å². The van der Waals surface area contributed by atoms with Crippen molar-refractivity contribution >= 4 is 23.6 Å². The SMILES string of the molecule is Cc1ccc(C(=O)N[C@H](c2nnc(SCC(=O)NC3CCCCC3)n2C)C(C)C)cc1. The molecule has 2 amide bonds. The molecule has 1 aromatic carbocycles. The molecule has 3 rings (SSSR count). The largest absolute Gasteiger partial charge is 0.353 e. The Morgan fingerprint density at radius 1 is 1.13 bits per heavy atom. The predicted molar refractivity (Wildman–Crippen MR) is 123 cm³/mol. The molecule has 0 saturated heterocycles. The smallest absolute Gasteiger partial charge is 0.251 e. The number of aromatic nitrogens is 3. The van der Waals surface area contributed by atoms with Gasteiger partial charge < -0.3 is 15.2 Å². The number of nitrogens with zero attached hydrogens (tertiary/aromatic N) is 3. The van der Waals surface area contributed by atoms with Gasteiger partial charge in [-0.1, -0.05) is 62.6 Å². The van der Waals surface area contributed by atoms with Crippen molar-refractivity contribution in [1.82, 2.24) is 25.4 Å². The Morgan fingerprint density at radius 3 is 2.45 bits per heavy atom. The third-order valence-corrected chi connectivity index (χ3v) is 6.74. The number of carbonyl (C=O) groups excluding carboxylic acids is 2. The topological polar surface area (TPSA) is 88.9 Å². The molecule has 168 valence electrons. The highest BCUT2D eigenvalue weighted by atomic mass is 32.2. The zero-order valence-corrected chi connectivity index (χ0v) is 19.7. The lowest BCUT2D eigenvalue weighted by Crippen LogP contribution is -2.37. The molecule has 1 aromatic heterocycles. The second-order valence-electron chi connectivity index (χ2n) is 8.65. The molecule has 8 heteroatoms. The van der Waals surface area contributed by atoms with E-state index in [-0.39, 0.29) is 23.8 Å². The van der Waals surface area contributed by atoms with Crippen LogP contribution in [-0.2, 0) is 11.8 Å². The predicted octanol–water partition coefficient (Wildman–Crippen LogP) is 3.79. The van der Waals surface area contributed by atoms with Crippen LogP contribution in [0.3, 0.4) is 0 Å². The Hall–Kier alpha value is -2.35. The maximum Gasteiger partial charge on any atom is 0.251 e. The van der Waals surface area contributed by atoms with E-state index in [4.69, 9.17) is 0 Å². The minimum Gasteiger partial charge on any atom is -0.353 e. The van der Waals surface area contributed by atoms with Gasteiger partial charge in [0.1, 0.15) is 0 Å². The zero-order valence-electron chi connectivity index (χ0n) is 18.9. The van der Waals surface area contributed by atoms with E-state index in [1.54, 1.807) is 0 Å². The lowest BCUT2D eigenvalue weighted by atomic mass is 9.95. The Morgan fingerprint density at radius 2 is 1.81 bits per heavy atom. The first-order valence-electron chi connectivity index (χ1n) is 11.0.